The lowest BCUT2D eigenvalue weighted by Crippen LogP contribution is -2.27. The molecule has 0 bridgehead atoms. The maximum atomic E-state index is 12.8. The Balaban J connectivity index is 1.62. The Labute approximate surface area is 174 Å². The van der Waals surface area contributed by atoms with Gasteiger partial charge in [0.2, 0.25) is 10.0 Å². The minimum atomic E-state index is -3.32. The van der Waals surface area contributed by atoms with E-state index < -0.39 is 10.0 Å². The third-order valence-electron chi connectivity index (χ3n) is 4.72. The first kappa shape index (κ1) is 19.5. The lowest BCUT2D eigenvalue weighted by Gasteiger charge is -2.16. The Hall–Kier alpha value is -2.84. The number of carbonyl (C=O) groups excluding carboxylic acids is 1. The fraction of sp³-hybridized carbons (Fsp3) is 0.200. The van der Waals surface area contributed by atoms with Gasteiger partial charge < -0.3 is 5.32 Å². The van der Waals surface area contributed by atoms with Crippen molar-refractivity contribution in [1.29, 1.82) is 0 Å². The van der Waals surface area contributed by atoms with E-state index in [1.165, 1.54) is 10.6 Å². The Morgan fingerprint density at radius 1 is 1.17 bits per heavy atom. The fourth-order valence-corrected chi connectivity index (χ4v) is 4.58. The average Bonchev–Trinajstić information content (AvgIpc) is 3.24. The molecule has 2 aromatic carbocycles. The normalized spacial score (nSPS) is 13.4. The van der Waals surface area contributed by atoms with E-state index in [0.29, 0.717) is 35.1 Å². The summed E-state index contributed by atoms with van der Waals surface area (Å²) in [5.41, 5.74) is 3.40. The average molecular weight is 431 g/mol. The highest BCUT2D eigenvalue weighted by Crippen LogP contribution is 2.31. The first-order chi connectivity index (χ1) is 13.7. The van der Waals surface area contributed by atoms with Crippen molar-refractivity contribution in [1.82, 2.24) is 9.78 Å². The molecule has 0 saturated heterocycles. The van der Waals surface area contributed by atoms with Crippen molar-refractivity contribution in [2.45, 2.75) is 13.3 Å². The van der Waals surface area contributed by atoms with Crippen molar-refractivity contribution in [3.05, 3.63) is 70.4 Å². The summed E-state index contributed by atoms with van der Waals surface area (Å²) in [5.74, 6) is 0.224. The van der Waals surface area contributed by atoms with Crippen molar-refractivity contribution >= 4 is 39.0 Å². The van der Waals surface area contributed by atoms with Crippen LogP contribution in [0.5, 0.6) is 0 Å². The summed E-state index contributed by atoms with van der Waals surface area (Å²) < 4.78 is 26.8. The number of hydrogen-bond acceptors (Lipinski definition) is 4. The predicted octanol–water partition coefficient (Wildman–Crippen LogP) is 3.41. The summed E-state index contributed by atoms with van der Waals surface area (Å²) in [5, 5.41) is 7.89. The van der Waals surface area contributed by atoms with Gasteiger partial charge in [0.15, 0.2) is 0 Å². The molecular formula is C20H19ClN4O3S. The van der Waals surface area contributed by atoms with E-state index in [1.54, 1.807) is 41.1 Å². The van der Waals surface area contributed by atoms with Crippen molar-refractivity contribution < 1.29 is 13.2 Å². The van der Waals surface area contributed by atoms with E-state index in [0.717, 1.165) is 16.9 Å². The Kier molecular flexibility index (Phi) is 4.84. The molecule has 1 N–H and O–H groups in total. The monoisotopic (exact) mass is 430 g/mol. The number of nitrogens with zero attached hydrogens (tertiary/aromatic N) is 3. The van der Waals surface area contributed by atoms with Crippen LogP contribution in [0.1, 0.15) is 21.6 Å². The van der Waals surface area contributed by atoms with Crippen LogP contribution in [0.3, 0.4) is 0 Å². The zero-order chi connectivity index (χ0) is 20.8. The maximum Gasteiger partial charge on any atom is 0.256 e. The molecule has 29 heavy (non-hydrogen) atoms. The molecule has 1 aliphatic rings. The Morgan fingerprint density at radius 2 is 1.97 bits per heavy atom. The van der Waals surface area contributed by atoms with E-state index in [9.17, 15) is 13.2 Å². The summed E-state index contributed by atoms with van der Waals surface area (Å²) in [7, 11) is -3.32. The second-order valence-corrected chi connectivity index (χ2v) is 9.29. The molecule has 0 spiro atoms. The molecular weight excluding hydrogens is 412 g/mol. The molecule has 7 nitrogen and oxygen atoms in total. The maximum absolute atomic E-state index is 12.8. The largest absolute Gasteiger partial charge is 0.306 e. The molecule has 1 amide bonds. The van der Waals surface area contributed by atoms with E-state index in [2.05, 4.69) is 10.4 Å². The molecule has 0 radical (unpaired) electrons. The highest BCUT2D eigenvalue weighted by molar-refractivity contribution is 7.92. The zero-order valence-corrected chi connectivity index (χ0v) is 17.5. The quantitative estimate of drug-likeness (QED) is 0.687. The van der Waals surface area contributed by atoms with Gasteiger partial charge in [-0.25, -0.2) is 13.1 Å². The van der Waals surface area contributed by atoms with Gasteiger partial charge >= 0.3 is 0 Å². The number of anilines is 2. The van der Waals surface area contributed by atoms with Crippen LogP contribution < -0.4 is 9.62 Å². The number of sulfonamides is 1. The summed E-state index contributed by atoms with van der Waals surface area (Å²) in [6, 6.07) is 14.0. The number of fused-ring (bicyclic) bond motifs is 1. The summed E-state index contributed by atoms with van der Waals surface area (Å²) in [4.78, 5) is 12.8. The fourth-order valence-electron chi connectivity index (χ4n) is 3.44. The van der Waals surface area contributed by atoms with Crippen molar-refractivity contribution in [3.63, 3.8) is 0 Å². The SMILES string of the molecule is Cc1cc(NC(=O)c2ccc3c(c2)CCN3S(C)(=O)=O)n(-c2cccc(Cl)c2)n1. The van der Waals surface area contributed by atoms with Crippen molar-refractivity contribution in [3.8, 4) is 5.69 Å². The third kappa shape index (κ3) is 3.86. The molecule has 4 rings (SSSR count). The van der Waals surface area contributed by atoms with Crippen LogP contribution in [0.2, 0.25) is 5.02 Å². The van der Waals surface area contributed by atoms with Gasteiger partial charge in [-0.1, -0.05) is 17.7 Å². The highest BCUT2D eigenvalue weighted by atomic mass is 35.5. The van der Waals surface area contributed by atoms with E-state index in [1.807, 2.05) is 19.1 Å². The second kappa shape index (κ2) is 7.20. The molecule has 3 aromatic rings. The predicted molar refractivity (Wildman–Crippen MR) is 114 cm³/mol. The number of aromatic nitrogens is 2. The zero-order valence-electron chi connectivity index (χ0n) is 15.9. The van der Waals surface area contributed by atoms with Crippen LogP contribution in [0, 0.1) is 6.92 Å². The molecule has 0 aliphatic carbocycles. The molecule has 9 heteroatoms. The molecule has 0 atom stereocenters. The Bertz CT molecular complexity index is 1220. The van der Waals surface area contributed by atoms with Gasteiger partial charge in [-0.05, 0) is 55.3 Å². The topological polar surface area (TPSA) is 84.3 Å². The standard InChI is InChI=1S/C20H19ClN4O3S/c1-13-10-19(25(23-13)17-5-3-4-16(21)12-17)22-20(26)15-6-7-18-14(11-15)8-9-24(18)29(2,27)28/h3-7,10-12H,8-9H2,1-2H3,(H,22,26). The number of hydrogen-bond donors (Lipinski definition) is 1. The van der Waals surface area contributed by atoms with Crippen molar-refractivity contribution in [2.75, 3.05) is 22.4 Å². The van der Waals surface area contributed by atoms with Gasteiger partial charge in [0.1, 0.15) is 5.82 Å². The molecule has 0 unspecified atom stereocenters. The smallest absolute Gasteiger partial charge is 0.256 e. The lowest BCUT2D eigenvalue weighted by atomic mass is 10.1. The van der Waals surface area contributed by atoms with Crippen molar-refractivity contribution in [2.24, 2.45) is 0 Å². The molecule has 2 heterocycles. The number of aryl methyl sites for hydroxylation is 1. The first-order valence-corrected chi connectivity index (χ1v) is 11.2. The molecule has 1 aliphatic heterocycles. The number of carbonyl (C=O) groups is 1. The number of nitrogens with one attached hydrogen (secondary N) is 1. The minimum absolute atomic E-state index is 0.297. The number of amides is 1. The van der Waals surface area contributed by atoms with Gasteiger partial charge in [-0.15, -0.1) is 0 Å². The van der Waals surface area contributed by atoms with Crippen LogP contribution in [0.15, 0.2) is 48.5 Å². The molecule has 0 saturated carbocycles. The summed E-state index contributed by atoms with van der Waals surface area (Å²) in [6.07, 6.45) is 1.76. The van der Waals surface area contributed by atoms with Crippen LogP contribution in [0.4, 0.5) is 11.5 Å². The summed E-state index contributed by atoms with van der Waals surface area (Å²) >= 11 is 6.08. The summed E-state index contributed by atoms with van der Waals surface area (Å²) in [6.45, 7) is 2.23. The van der Waals surface area contributed by atoms with Gasteiger partial charge in [0, 0.05) is 23.2 Å². The van der Waals surface area contributed by atoms with Gasteiger partial charge in [-0.2, -0.15) is 5.10 Å². The van der Waals surface area contributed by atoms with Gasteiger partial charge in [0.05, 0.1) is 23.3 Å². The molecule has 1 aromatic heterocycles. The van der Waals surface area contributed by atoms with E-state index in [4.69, 9.17) is 11.6 Å². The molecule has 0 fully saturated rings. The number of benzene rings is 2. The van der Waals surface area contributed by atoms with Crippen LogP contribution in [0.25, 0.3) is 5.69 Å². The number of rotatable bonds is 4. The minimum Gasteiger partial charge on any atom is -0.306 e. The van der Waals surface area contributed by atoms with Crippen LogP contribution >= 0.6 is 11.6 Å². The highest BCUT2D eigenvalue weighted by Gasteiger charge is 2.27. The number of halogens is 1. The van der Waals surface area contributed by atoms with Gasteiger partial charge in [0.25, 0.3) is 5.91 Å². The van der Waals surface area contributed by atoms with E-state index >= 15 is 0 Å². The van der Waals surface area contributed by atoms with E-state index in [-0.39, 0.29) is 5.91 Å². The third-order valence-corrected chi connectivity index (χ3v) is 6.14. The molecule has 150 valence electrons. The Morgan fingerprint density at radius 3 is 2.69 bits per heavy atom. The lowest BCUT2D eigenvalue weighted by molar-refractivity contribution is 0.102. The van der Waals surface area contributed by atoms with Crippen LogP contribution in [-0.2, 0) is 16.4 Å². The second-order valence-electron chi connectivity index (χ2n) is 6.95. The van der Waals surface area contributed by atoms with Gasteiger partial charge in [-0.3, -0.25) is 9.10 Å². The van der Waals surface area contributed by atoms with Crippen LogP contribution in [-0.4, -0.2) is 36.9 Å². The first-order valence-electron chi connectivity index (χ1n) is 8.97.